The highest BCUT2D eigenvalue weighted by Crippen LogP contribution is 2.29. The van der Waals surface area contributed by atoms with Gasteiger partial charge in [-0.1, -0.05) is 18.2 Å². The van der Waals surface area contributed by atoms with Crippen LogP contribution in [0.3, 0.4) is 0 Å². The van der Waals surface area contributed by atoms with Gasteiger partial charge < -0.3 is 10.1 Å². The van der Waals surface area contributed by atoms with Crippen molar-refractivity contribution in [2.24, 2.45) is 0 Å². The third-order valence-corrected chi connectivity index (χ3v) is 3.59. The molecule has 0 bridgehead atoms. The molecule has 0 saturated carbocycles. The Morgan fingerprint density at radius 3 is 2.74 bits per heavy atom. The predicted molar refractivity (Wildman–Crippen MR) is 77.7 cm³/mol. The molecule has 98 valence electrons. The minimum atomic E-state index is 0.862. The van der Waals surface area contributed by atoms with Crippen LogP contribution in [-0.4, -0.2) is 7.05 Å². The van der Waals surface area contributed by atoms with Gasteiger partial charge in [-0.25, -0.2) is 0 Å². The van der Waals surface area contributed by atoms with Gasteiger partial charge in [0.1, 0.15) is 11.5 Å². The zero-order valence-corrected chi connectivity index (χ0v) is 11.3. The largest absolute Gasteiger partial charge is 0.457 e. The SMILES string of the molecule is CNCc1cccc(Oc2ccc3c(c2)CCC3)c1. The summed E-state index contributed by atoms with van der Waals surface area (Å²) in [7, 11) is 1.95. The maximum absolute atomic E-state index is 5.96. The Bertz CT molecular complexity index is 577. The molecule has 1 N–H and O–H groups in total. The second-order valence-electron chi connectivity index (χ2n) is 5.06. The number of hydrogen-bond acceptors (Lipinski definition) is 2. The van der Waals surface area contributed by atoms with Gasteiger partial charge in [0.15, 0.2) is 0 Å². The number of benzene rings is 2. The Morgan fingerprint density at radius 2 is 1.84 bits per heavy atom. The van der Waals surface area contributed by atoms with E-state index in [2.05, 4.69) is 35.6 Å². The molecule has 2 nitrogen and oxygen atoms in total. The van der Waals surface area contributed by atoms with Gasteiger partial charge in [-0.15, -0.1) is 0 Å². The molecule has 19 heavy (non-hydrogen) atoms. The van der Waals surface area contributed by atoms with Crippen LogP contribution in [0, 0.1) is 0 Å². The van der Waals surface area contributed by atoms with Crippen molar-refractivity contribution >= 4 is 0 Å². The highest BCUT2D eigenvalue weighted by molar-refractivity contribution is 5.41. The maximum atomic E-state index is 5.96. The lowest BCUT2D eigenvalue weighted by Gasteiger charge is -2.09. The summed E-state index contributed by atoms with van der Waals surface area (Å²) in [5, 5.41) is 3.15. The molecule has 0 unspecified atom stereocenters. The summed E-state index contributed by atoms with van der Waals surface area (Å²) in [4.78, 5) is 0. The summed E-state index contributed by atoms with van der Waals surface area (Å²) in [6, 6.07) is 14.7. The fraction of sp³-hybridized carbons (Fsp3) is 0.294. The van der Waals surface area contributed by atoms with E-state index in [0.717, 1.165) is 18.0 Å². The molecule has 0 radical (unpaired) electrons. The van der Waals surface area contributed by atoms with E-state index in [0.29, 0.717) is 0 Å². The van der Waals surface area contributed by atoms with Crippen molar-refractivity contribution in [3.63, 3.8) is 0 Å². The Kier molecular flexibility index (Phi) is 3.51. The standard InChI is InChI=1S/C17H19NO/c1-18-12-13-4-2-7-16(10-13)19-17-9-8-14-5-3-6-15(14)11-17/h2,4,7-11,18H,3,5-6,12H2,1H3. The maximum Gasteiger partial charge on any atom is 0.127 e. The van der Waals surface area contributed by atoms with Crippen molar-refractivity contribution in [3.8, 4) is 11.5 Å². The molecule has 2 heteroatoms. The zero-order chi connectivity index (χ0) is 13.1. The molecule has 2 aromatic carbocycles. The van der Waals surface area contributed by atoms with E-state index >= 15 is 0 Å². The lowest BCUT2D eigenvalue weighted by atomic mass is 10.1. The summed E-state index contributed by atoms with van der Waals surface area (Å²) in [6.07, 6.45) is 3.68. The molecular weight excluding hydrogens is 234 g/mol. The van der Waals surface area contributed by atoms with Crippen molar-refractivity contribution in [1.29, 1.82) is 0 Å². The lowest BCUT2D eigenvalue weighted by Crippen LogP contribution is -2.04. The number of fused-ring (bicyclic) bond motifs is 1. The Balaban J connectivity index is 1.79. The van der Waals surface area contributed by atoms with Gasteiger partial charge >= 0.3 is 0 Å². The highest BCUT2D eigenvalue weighted by Gasteiger charge is 2.11. The van der Waals surface area contributed by atoms with Gasteiger partial charge in [0.25, 0.3) is 0 Å². The van der Waals surface area contributed by atoms with Crippen molar-refractivity contribution in [3.05, 3.63) is 59.2 Å². The molecule has 0 amide bonds. The van der Waals surface area contributed by atoms with Crippen LogP contribution in [0.15, 0.2) is 42.5 Å². The number of rotatable bonds is 4. The first kappa shape index (κ1) is 12.2. The zero-order valence-electron chi connectivity index (χ0n) is 11.3. The van der Waals surface area contributed by atoms with Gasteiger partial charge in [-0.3, -0.25) is 0 Å². The van der Waals surface area contributed by atoms with Crippen molar-refractivity contribution in [2.45, 2.75) is 25.8 Å². The second kappa shape index (κ2) is 5.45. The molecule has 0 saturated heterocycles. The van der Waals surface area contributed by atoms with Crippen molar-refractivity contribution < 1.29 is 4.74 Å². The Labute approximate surface area is 114 Å². The van der Waals surface area contributed by atoms with Crippen LogP contribution >= 0.6 is 0 Å². The summed E-state index contributed by atoms with van der Waals surface area (Å²) in [5.41, 5.74) is 4.17. The fourth-order valence-electron chi connectivity index (χ4n) is 2.67. The average Bonchev–Trinajstić information content (AvgIpc) is 2.87. The highest BCUT2D eigenvalue weighted by atomic mass is 16.5. The van der Waals surface area contributed by atoms with E-state index in [1.165, 1.54) is 36.0 Å². The van der Waals surface area contributed by atoms with Crippen LogP contribution in [0.4, 0.5) is 0 Å². The smallest absolute Gasteiger partial charge is 0.127 e. The van der Waals surface area contributed by atoms with Crippen LogP contribution in [0.1, 0.15) is 23.1 Å². The van der Waals surface area contributed by atoms with Crippen LogP contribution in [0.2, 0.25) is 0 Å². The first-order valence-electron chi connectivity index (χ1n) is 6.88. The van der Waals surface area contributed by atoms with E-state index in [1.54, 1.807) is 0 Å². The normalized spacial score (nSPS) is 13.3. The van der Waals surface area contributed by atoms with Crippen molar-refractivity contribution in [1.82, 2.24) is 5.32 Å². The molecule has 0 fully saturated rings. The minimum Gasteiger partial charge on any atom is -0.457 e. The first-order chi connectivity index (χ1) is 9.35. The van der Waals surface area contributed by atoms with Crippen LogP contribution in [-0.2, 0) is 19.4 Å². The van der Waals surface area contributed by atoms with E-state index in [9.17, 15) is 0 Å². The predicted octanol–water partition coefficient (Wildman–Crippen LogP) is 3.69. The summed E-state index contributed by atoms with van der Waals surface area (Å²) < 4.78 is 5.96. The second-order valence-corrected chi connectivity index (χ2v) is 5.06. The third-order valence-electron chi connectivity index (χ3n) is 3.59. The van der Waals surface area contributed by atoms with Gasteiger partial charge in [-0.2, -0.15) is 0 Å². The minimum absolute atomic E-state index is 0.862. The van der Waals surface area contributed by atoms with Gasteiger partial charge in [0.2, 0.25) is 0 Å². The van der Waals surface area contributed by atoms with E-state index < -0.39 is 0 Å². The average molecular weight is 253 g/mol. The third kappa shape index (κ3) is 2.79. The summed E-state index contributed by atoms with van der Waals surface area (Å²) >= 11 is 0. The molecule has 0 heterocycles. The molecule has 0 aliphatic heterocycles. The number of aryl methyl sites for hydroxylation is 2. The summed E-state index contributed by atoms with van der Waals surface area (Å²) in [5.74, 6) is 1.85. The molecule has 0 atom stereocenters. The topological polar surface area (TPSA) is 21.3 Å². The molecule has 0 spiro atoms. The molecule has 1 aliphatic carbocycles. The Morgan fingerprint density at radius 1 is 1.00 bits per heavy atom. The number of ether oxygens (including phenoxy) is 1. The van der Waals surface area contributed by atoms with Gasteiger partial charge in [-0.05, 0) is 67.3 Å². The summed E-state index contributed by atoms with van der Waals surface area (Å²) in [6.45, 7) is 0.862. The van der Waals surface area contributed by atoms with E-state index in [-0.39, 0.29) is 0 Å². The van der Waals surface area contributed by atoms with Crippen LogP contribution in [0.5, 0.6) is 11.5 Å². The van der Waals surface area contributed by atoms with Crippen molar-refractivity contribution in [2.75, 3.05) is 7.05 Å². The molecule has 2 aromatic rings. The number of hydrogen-bond donors (Lipinski definition) is 1. The molecule has 1 aliphatic rings. The quantitative estimate of drug-likeness (QED) is 0.897. The fourth-order valence-corrected chi connectivity index (χ4v) is 2.67. The van der Waals surface area contributed by atoms with Crippen LogP contribution < -0.4 is 10.1 Å². The first-order valence-corrected chi connectivity index (χ1v) is 6.88. The molecule has 3 rings (SSSR count). The molecule has 0 aromatic heterocycles. The van der Waals surface area contributed by atoms with Gasteiger partial charge in [0, 0.05) is 6.54 Å². The van der Waals surface area contributed by atoms with Crippen LogP contribution in [0.25, 0.3) is 0 Å². The lowest BCUT2D eigenvalue weighted by molar-refractivity contribution is 0.481. The van der Waals surface area contributed by atoms with E-state index in [4.69, 9.17) is 4.74 Å². The molecular formula is C17H19NO. The van der Waals surface area contributed by atoms with E-state index in [1.807, 2.05) is 19.2 Å². The van der Waals surface area contributed by atoms with Gasteiger partial charge in [0.05, 0.1) is 0 Å². The number of nitrogens with one attached hydrogen (secondary N) is 1. The Hall–Kier alpha value is -1.80. The monoisotopic (exact) mass is 253 g/mol.